The van der Waals surface area contributed by atoms with E-state index in [-0.39, 0.29) is 24.6 Å². The van der Waals surface area contributed by atoms with Crippen molar-refractivity contribution in [1.29, 1.82) is 0 Å². The van der Waals surface area contributed by atoms with Gasteiger partial charge in [0.2, 0.25) is 5.91 Å². The van der Waals surface area contributed by atoms with E-state index < -0.39 is 0 Å². The molecule has 0 spiro atoms. The standard InChI is InChI=1S/C12H22N2O2/c15-9-10-5-2-4-8-14(10)11-6-1-3-7-13-12(11)16/h10-11,15H,1-9H2,(H,13,16). The molecular formula is C12H22N2O2. The van der Waals surface area contributed by atoms with Crippen molar-refractivity contribution < 1.29 is 9.90 Å². The number of piperidine rings is 1. The van der Waals surface area contributed by atoms with Gasteiger partial charge < -0.3 is 10.4 Å². The lowest BCUT2D eigenvalue weighted by Crippen LogP contribution is -2.53. The van der Waals surface area contributed by atoms with Crippen LogP contribution in [-0.4, -0.2) is 47.7 Å². The molecule has 0 saturated carbocycles. The highest BCUT2D eigenvalue weighted by molar-refractivity contribution is 5.82. The Balaban J connectivity index is 2.04. The number of aliphatic hydroxyl groups excluding tert-OH is 1. The van der Waals surface area contributed by atoms with Gasteiger partial charge in [-0.15, -0.1) is 0 Å². The topological polar surface area (TPSA) is 52.6 Å². The number of likely N-dealkylation sites (tertiary alicyclic amines) is 1. The smallest absolute Gasteiger partial charge is 0.237 e. The summed E-state index contributed by atoms with van der Waals surface area (Å²) in [7, 11) is 0. The molecule has 4 heteroatoms. The predicted molar refractivity (Wildman–Crippen MR) is 62.1 cm³/mol. The molecule has 0 aromatic carbocycles. The molecule has 0 radical (unpaired) electrons. The van der Waals surface area contributed by atoms with Crippen molar-refractivity contribution in [2.45, 2.75) is 50.6 Å². The molecule has 1 amide bonds. The van der Waals surface area contributed by atoms with Gasteiger partial charge in [0.1, 0.15) is 0 Å². The van der Waals surface area contributed by atoms with Crippen LogP contribution in [0.15, 0.2) is 0 Å². The summed E-state index contributed by atoms with van der Waals surface area (Å²) in [6, 6.07) is 0.197. The number of rotatable bonds is 2. The molecule has 92 valence electrons. The maximum atomic E-state index is 11.9. The molecule has 2 unspecified atom stereocenters. The van der Waals surface area contributed by atoms with Crippen LogP contribution in [0.4, 0.5) is 0 Å². The summed E-state index contributed by atoms with van der Waals surface area (Å²) in [6.45, 7) is 1.96. The van der Waals surface area contributed by atoms with Crippen LogP contribution in [0.25, 0.3) is 0 Å². The lowest BCUT2D eigenvalue weighted by atomic mass is 9.98. The minimum atomic E-state index is -0.0000463. The number of hydrogen-bond acceptors (Lipinski definition) is 3. The lowest BCUT2D eigenvalue weighted by Gasteiger charge is -2.39. The van der Waals surface area contributed by atoms with E-state index in [0.717, 1.165) is 45.2 Å². The van der Waals surface area contributed by atoms with Gasteiger partial charge in [-0.1, -0.05) is 6.42 Å². The van der Waals surface area contributed by atoms with Gasteiger partial charge in [0.25, 0.3) is 0 Å². The summed E-state index contributed by atoms with van der Waals surface area (Å²) in [5.74, 6) is 0.165. The van der Waals surface area contributed by atoms with E-state index in [4.69, 9.17) is 0 Å². The van der Waals surface area contributed by atoms with Crippen molar-refractivity contribution in [2.24, 2.45) is 0 Å². The minimum absolute atomic E-state index is 0.0000463. The number of nitrogens with zero attached hydrogens (tertiary/aromatic N) is 1. The molecule has 2 atom stereocenters. The molecule has 2 aliphatic rings. The largest absolute Gasteiger partial charge is 0.395 e. The molecule has 2 saturated heterocycles. The first-order valence-electron chi connectivity index (χ1n) is 6.47. The first-order valence-corrected chi connectivity index (χ1v) is 6.47. The van der Waals surface area contributed by atoms with Crippen molar-refractivity contribution in [3.8, 4) is 0 Å². The maximum Gasteiger partial charge on any atom is 0.237 e. The normalized spacial score (nSPS) is 33.2. The highest BCUT2D eigenvalue weighted by atomic mass is 16.3. The van der Waals surface area contributed by atoms with Gasteiger partial charge >= 0.3 is 0 Å². The quantitative estimate of drug-likeness (QED) is 0.721. The molecule has 2 N–H and O–H groups in total. The molecule has 0 aromatic heterocycles. The fourth-order valence-corrected chi connectivity index (χ4v) is 2.87. The van der Waals surface area contributed by atoms with E-state index in [1.54, 1.807) is 0 Å². The zero-order valence-electron chi connectivity index (χ0n) is 9.82. The number of hydrogen-bond donors (Lipinski definition) is 2. The Kier molecular flexibility index (Phi) is 4.18. The van der Waals surface area contributed by atoms with E-state index >= 15 is 0 Å². The third-order valence-electron chi connectivity index (χ3n) is 3.79. The Morgan fingerprint density at radius 3 is 2.88 bits per heavy atom. The van der Waals surface area contributed by atoms with Crippen LogP contribution in [0.2, 0.25) is 0 Å². The molecule has 0 aliphatic carbocycles. The number of nitrogens with one attached hydrogen (secondary N) is 1. The van der Waals surface area contributed by atoms with Crippen molar-refractivity contribution >= 4 is 5.91 Å². The van der Waals surface area contributed by atoms with E-state index in [0.29, 0.717) is 0 Å². The number of aliphatic hydroxyl groups is 1. The summed E-state index contributed by atoms with van der Waals surface area (Å²) in [4.78, 5) is 14.2. The third-order valence-corrected chi connectivity index (χ3v) is 3.79. The van der Waals surface area contributed by atoms with Gasteiger partial charge in [0.15, 0.2) is 0 Å². The molecule has 0 aromatic rings. The maximum absolute atomic E-state index is 11.9. The van der Waals surface area contributed by atoms with Crippen LogP contribution in [0, 0.1) is 0 Å². The van der Waals surface area contributed by atoms with Gasteiger partial charge in [0, 0.05) is 12.6 Å². The average Bonchev–Trinajstić information content (AvgIpc) is 2.54. The predicted octanol–water partition coefficient (Wildman–Crippen LogP) is 0.502. The average molecular weight is 226 g/mol. The Morgan fingerprint density at radius 1 is 1.25 bits per heavy atom. The van der Waals surface area contributed by atoms with Crippen LogP contribution in [0.5, 0.6) is 0 Å². The van der Waals surface area contributed by atoms with Crippen LogP contribution in [0.1, 0.15) is 38.5 Å². The second-order valence-corrected chi connectivity index (χ2v) is 4.87. The van der Waals surface area contributed by atoms with E-state index in [1.165, 1.54) is 6.42 Å². The number of amides is 1. The first-order chi connectivity index (χ1) is 7.83. The van der Waals surface area contributed by atoms with Crippen LogP contribution in [0.3, 0.4) is 0 Å². The van der Waals surface area contributed by atoms with Crippen molar-refractivity contribution in [3.05, 3.63) is 0 Å². The Morgan fingerprint density at radius 2 is 2.06 bits per heavy atom. The summed E-state index contributed by atoms with van der Waals surface area (Å²) in [6.07, 6.45) is 6.50. The molecule has 2 aliphatic heterocycles. The van der Waals surface area contributed by atoms with Crippen molar-refractivity contribution in [1.82, 2.24) is 10.2 Å². The second kappa shape index (κ2) is 5.64. The molecule has 4 nitrogen and oxygen atoms in total. The molecule has 0 bridgehead atoms. The minimum Gasteiger partial charge on any atom is -0.395 e. The number of carbonyl (C=O) groups excluding carboxylic acids is 1. The van der Waals surface area contributed by atoms with Crippen molar-refractivity contribution in [2.75, 3.05) is 19.7 Å². The second-order valence-electron chi connectivity index (χ2n) is 4.87. The van der Waals surface area contributed by atoms with Crippen LogP contribution >= 0.6 is 0 Å². The summed E-state index contributed by atoms with van der Waals surface area (Å²) >= 11 is 0. The Labute approximate surface area is 97.0 Å². The number of carbonyl (C=O) groups is 1. The van der Waals surface area contributed by atoms with Gasteiger partial charge in [0.05, 0.1) is 12.6 Å². The zero-order chi connectivity index (χ0) is 11.4. The van der Waals surface area contributed by atoms with E-state index in [9.17, 15) is 9.90 Å². The van der Waals surface area contributed by atoms with Gasteiger partial charge in [-0.25, -0.2) is 0 Å². The fourth-order valence-electron chi connectivity index (χ4n) is 2.87. The van der Waals surface area contributed by atoms with E-state index in [1.807, 2.05) is 0 Å². The van der Waals surface area contributed by atoms with Crippen molar-refractivity contribution in [3.63, 3.8) is 0 Å². The summed E-state index contributed by atoms with van der Waals surface area (Å²) in [5, 5.41) is 12.3. The van der Waals surface area contributed by atoms with E-state index in [2.05, 4.69) is 10.2 Å². The summed E-state index contributed by atoms with van der Waals surface area (Å²) in [5.41, 5.74) is 0. The van der Waals surface area contributed by atoms with Gasteiger partial charge in [-0.3, -0.25) is 9.69 Å². The Bertz CT molecular complexity index is 245. The molecule has 2 rings (SSSR count). The fraction of sp³-hybridized carbons (Fsp3) is 0.917. The molecule has 16 heavy (non-hydrogen) atoms. The van der Waals surface area contributed by atoms with Crippen LogP contribution < -0.4 is 5.32 Å². The third kappa shape index (κ3) is 2.55. The Hall–Kier alpha value is -0.610. The summed E-state index contributed by atoms with van der Waals surface area (Å²) < 4.78 is 0. The first kappa shape index (κ1) is 11.9. The highest BCUT2D eigenvalue weighted by Crippen LogP contribution is 2.23. The van der Waals surface area contributed by atoms with Gasteiger partial charge in [-0.2, -0.15) is 0 Å². The molecular weight excluding hydrogens is 204 g/mol. The monoisotopic (exact) mass is 226 g/mol. The van der Waals surface area contributed by atoms with Crippen LogP contribution in [-0.2, 0) is 4.79 Å². The lowest BCUT2D eigenvalue weighted by molar-refractivity contribution is -0.128. The zero-order valence-corrected chi connectivity index (χ0v) is 9.82. The van der Waals surface area contributed by atoms with Gasteiger partial charge in [-0.05, 0) is 38.6 Å². The molecule has 2 heterocycles. The highest BCUT2D eigenvalue weighted by Gasteiger charge is 2.33. The molecule has 2 fully saturated rings. The SMILES string of the molecule is O=C1NCCCCC1N1CCCCC1CO.